The van der Waals surface area contributed by atoms with Crippen molar-refractivity contribution in [3.05, 3.63) is 35.0 Å². The number of nitrogens with one attached hydrogen (secondary N) is 2. The van der Waals surface area contributed by atoms with E-state index in [-0.39, 0.29) is 6.04 Å². The van der Waals surface area contributed by atoms with E-state index in [1.54, 1.807) is 11.3 Å². The molecule has 0 bridgehead atoms. The van der Waals surface area contributed by atoms with E-state index < -0.39 is 0 Å². The highest BCUT2D eigenvalue weighted by atomic mass is 32.1. The predicted molar refractivity (Wildman–Crippen MR) is 72.6 cm³/mol. The number of nitrogens with zero attached hydrogens (tertiary/aromatic N) is 2. The molecule has 2 N–H and O–H groups in total. The molecule has 2 heterocycles. The molecule has 1 unspecified atom stereocenters. The minimum absolute atomic E-state index is 0.202. The van der Waals surface area contributed by atoms with E-state index in [2.05, 4.69) is 40.5 Å². The summed E-state index contributed by atoms with van der Waals surface area (Å²) in [7, 11) is 0. The van der Waals surface area contributed by atoms with Crippen molar-refractivity contribution < 1.29 is 0 Å². The van der Waals surface area contributed by atoms with Crippen LogP contribution in [0, 0.1) is 0 Å². The van der Waals surface area contributed by atoms with Crippen molar-refractivity contribution in [1.29, 1.82) is 0 Å². The van der Waals surface area contributed by atoms with Crippen LogP contribution in [0.5, 0.6) is 0 Å². The van der Waals surface area contributed by atoms with Gasteiger partial charge in [-0.2, -0.15) is 0 Å². The molecule has 0 saturated carbocycles. The fourth-order valence-corrected chi connectivity index (χ4v) is 2.23. The normalized spacial score (nSPS) is 12.1. The zero-order valence-corrected chi connectivity index (χ0v) is 10.8. The standard InChI is InChI=1S/C12H16N4S/c1-3-14-10-6-11(8-13-7-10)16-9(2)12-15-4-5-17-12/h4-9,14,16H,3H2,1-2H3. The van der Waals surface area contributed by atoms with Crippen molar-refractivity contribution >= 4 is 22.7 Å². The molecule has 0 spiro atoms. The SMILES string of the molecule is CCNc1cncc(NC(C)c2nccs2)c1. The van der Waals surface area contributed by atoms with E-state index in [1.807, 2.05) is 24.0 Å². The highest BCUT2D eigenvalue weighted by Gasteiger charge is 2.07. The summed E-state index contributed by atoms with van der Waals surface area (Å²) >= 11 is 1.66. The maximum atomic E-state index is 4.29. The molecule has 0 aliphatic carbocycles. The van der Waals surface area contributed by atoms with Gasteiger partial charge < -0.3 is 10.6 Å². The van der Waals surface area contributed by atoms with Gasteiger partial charge in [-0.15, -0.1) is 11.3 Å². The molecule has 0 fully saturated rings. The average Bonchev–Trinajstić information content (AvgIpc) is 2.83. The minimum Gasteiger partial charge on any atom is -0.384 e. The molecule has 2 rings (SSSR count). The van der Waals surface area contributed by atoms with Crippen LogP contribution in [-0.2, 0) is 0 Å². The van der Waals surface area contributed by atoms with E-state index in [0.717, 1.165) is 22.9 Å². The molecule has 17 heavy (non-hydrogen) atoms. The highest BCUT2D eigenvalue weighted by Crippen LogP contribution is 2.21. The summed E-state index contributed by atoms with van der Waals surface area (Å²) in [6.45, 7) is 5.06. The summed E-state index contributed by atoms with van der Waals surface area (Å²) in [6.07, 6.45) is 5.47. The monoisotopic (exact) mass is 248 g/mol. The Balaban J connectivity index is 2.05. The van der Waals surface area contributed by atoms with Crippen LogP contribution in [0.2, 0.25) is 0 Å². The van der Waals surface area contributed by atoms with Gasteiger partial charge in [0.05, 0.1) is 29.8 Å². The molecule has 0 amide bonds. The van der Waals surface area contributed by atoms with E-state index >= 15 is 0 Å². The van der Waals surface area contributed by atoms with E-state index in [0.29, 0.717) is 0 Å². The Kier molecular flexibility index (Phi) is 3.93. The molecule has 5 heteroatoms. The zero-order valence-electron chi connectivity index (χ0n) is 9.97. The first-order valence-corrected chi connectivity index (χ1v) is 6.52. The summed E-state index contributed by atoms with van der Waals surface area (Å²) in [5, 5.41) is 9.70. The third-order valence-electron chi connectivity index (χ3n) is 2.32. The second kappa shape index (κ2) is 5.63. The molecule has 1 atom stereocenters. The first-order valence-electron chi connectivity index (χ1n) is 5.64. The molecule has 2 aromatic rings. The number of thiazole rings is 1. The second-order valence-electron chi connectivity index (χ2n) is 3.73. The Morgan fingerprint density at radius 2 is 2.18 bits per heavy atom. The van der Waals surface area contributed by atoms with Crippen molar-refractivity contribution in [1.82, 2.24) is 9.97 Å². The average molecular weight is 248 g/mol. The van der Waals surface area contributed by atoms with Crippen molar-refractivity contribution in [3.8, 4) is 0 Å². The van der Waals surface area contributed by atoms with Crippen LogP contribution < -0.4 is 10.6 Å². The smallest absolute Gasteiger partial charge is 0.115 e. The molecule has 0 aliphatic rings. The Morgan fingerprint density at radius 3 is 2.88 bits per heavy atom. The molecule has 0 radical (unpaired) electrons. The lowest BCUT2D eigenvalue weighted by molar-refractivity contribution is 0.868. The second-order valence-corrected chi connectivity index (χ2v) is 4.66. The Bertz CT molecular complexity index is 455. The van der Waals surface area contributed by atoms with Gasteiger partial charge in [0.1, 0.15) is 5.01 Å². The van der Waals surface area contributed by atoms with Crippen molar-refractivity contribution in [2.45, 2.75) is 19.9 Å². The Hall–Kier alpha value is -1.62. The van der Waals surface area contributed by atoms with Crippen LogP contribution in [0.15, 0.2) is 30.0 Å². The molecule has 0 aliphatic heterocycles. The third kappa shape index (κ3) is 3.17. The van der Waals surface area contributed by atoms with E-state index in [9.17, 15) is 0 Å². The van der Waals surface area contributed by atoms with Crippen molar-refractivity contribution in [3.63, 3.8) is 0 Å². The van der Waals surface area contributed by atoms with Gasteiger partial charge in [0, 0.05) is 18.1 Å². The quantitative estimate of drug-likeness (QED) is 0.853. The molecule has 2 aromatic heterocycles. The number of pyridine rings is 1. The summed E-state index contributed by atoms with van der Waals surface area (Å²) in [4.78, 5) is 8.49. The van der Waals surface area contributed by atoms with Gasteiger partial charge in [0.25, 0.3) is 0 Å². The zero-order chi connectivity index (χ0) is 12.1. The van der Waals surface area contributed by atoms with Crippen LogP contribution in [0.3, 0.4) is 0 Å². The molecule has 90 valence electrons. The van der Waals surface area contributed by atoms with Crippen LogP contribution in [0.4, 0.5) is 11.4 Å². The summed E-state index contributed by atoms with van der Waals surface area (Å²) in [6, 6.07) is 2.26. The highest BCUT2D eigenvalue weighted by molar-refractivity contribution is 7.09. The summed E-state index contributed by atoms with van der Waals surface area (Å²) in [5.41, 5.74) is 2.04. The van der Waals surface area contributed by atoms with Gasteiger partial charge in [-0.25, -0.2) is 4.98 Å². The Labute approximate surface area is 105 Å². The van der Waals surface area contributed by atoms with Gasteiger partial charge in [0.2, 0.25) is 0 Å². The fraction of sp³-hybridized carbons (Fsp3) is 0.333. The third-order valence-corrected chi connectivity index (χ3v) is 3.28. The lowest BCUT2D eigenvalue weighted by Crippen LogP contribution is -2.07. The topological polar surface area (TPSA) is 49.8 Å². The summed E-state index contributed by atoms with van der Waals surface area (Å²) < 4.78 is 0. The predicted octanol–water partition coefficient (Wildman–Crippen LogP) is 3.14. The van der Waals surface area contributed by atoms with Gasteiger partial charge in [-0.1, -0.05) is 0 Å². The van der Waals surface area contributed by atoms with E-state index in [1.165, 1.54) is 0 Å². The minimum atomic E-state index is 0.202. The maximum absolute atomic E-state index is 4.29. The van der Waals surface area contributed by atoms with Crippen LogP contribution in [0.1, 0.15) is 24.9 Å². The summed E-state index contributed by atoms with van der Waals surface area (Å²) in [5.74, 6) is 0. The molecule has 0 aromatic carbocycles. The van der Waals surface area contributed by atoms with Crippen molar-refractivity contribution in [2.75, 3.05) is 17.2 Å². The van der Waals surface area contributed by atoms with Crippen molar-refractivity contribution in [2.24, 2.45) is 0 Å². The van der Waals surface area contributed by atoms with Crippen LogP contribution in [-0.4, -0.2) is 16.5 Å². The Morgan fingerprint density at radius 1 is 1.35 bits per heavy atom. The number of rotatable bonds is 5. The molecular formula is C12H16N4S. The van der Waals surface area contributed by atoms with E-state index in [4.69, 9.17) is 0 Å². The molecule has 0 saturated heterocycles. The van der Waals surface area contributed by atoms with Crippen LogP contribution >= 0.6 is 11.3 Å². The van der Waals surface area contributed by atoms with Gasteiger partial charge in [-0.3, -0.25) is 4.98 Å². The molecular weight excluding hydrogens is 232 g/mol. The number of hydrogen-bond donors (Lipinski definition) is 2. The number of anilines is 2. The maximum Gasteiger partial charge on any atom is 0.115 e. The van der Waals surface area contributed by atoms with Gasteiger partial charge >= 0.3 is 0 Å². The molecule has 4 nitrogen and oxygen atoms in total. The number of aromatic nitrogens is 2. The largest absolute Gasteiger partial charge is 0.384 e. The fourth-order valence-electron chi connectivity index (χ4n) is 1.58. The first kappa shape index (κ1) is 11.9. The van der Waals surface area contributed by atoms with Gasteiger partial charge in [-0.05, 0) is 19.9 Å². The van der Waals surface area contributed by atoms with Gasteiger partial charge in [0.15, 0.2) is 0 Å². The lowest BCUT2D eigenvalue weighted by atomic mass is 10.3. The number of hydrogen-bond acceptors (Lipinski definition) is 5. The first-order chi connectivity index (χ1) is 8.29. The lowest BCUT2D eigenvalue weighted by Gasteiger charge is -2.13. The van der Waals surface area contributed by atoms with Crippen LogP contribution in [0.25, 0.3) is 0 Å².